The van der Waals surface area contributed by atoms with Crippen LogP contribution in [0.2, 0.25) is 0 Å². The molecule has 2 aromatic carbocycles. The highest BCUT2D eigenvalue weighted by molar-refractivity contribution is 6.43. The zero-order valence-electron chi connectivity index (χ0n) is 13.1. The highest BCUT2D eigenvalue weighted by atomic mass is 16.6. The number of rotatable bonds is 4. The van der Waals surface area contributed by atoms with Gasteiger partial charge in [-0.15, -0.1) is 0 Å². The van der Waals surface area contributed by atoms with E-state index in [4.69, 9.17) is 4.84 Å². The summed E-state index contributed by atoms with van der Waals surface area (Å²) in [6.45, 7) is 0. The molecule has 1 aliphatic heterocycles. The summed E-state index contributed by atoms with van der Waals surface area (Å²) in [5, 5.41) is 6.62. The lowest BCUT2D eigenvalue weighted by Crippen LogP contribution is -2.21. The maximum Gasteiger partial charge on any atom is 0.337 e. The zero-order valence-corrected chi connectivity index (χ0v) is 13.1. The summed E-state index contributed by atoms with van der Waals surface area (Å²) in [5.74, 6) is -0.744. The Morgan fingerprint density at radius 1 is 1.12 bits per heavy atom. The first-order valence-electron chi connectivity index (χ1n) is 7.45. The van der Waals surface area contributed by atoms with Crippen LogP contribution in [0.4, 0.5) is 5.69 Å². The van der Waals surface area contributed by atoms with Gasteiger partial charge in [0, 0.05) is 12.1 Å². The van der Waals surface area contributed by atoms with E-state index in [1.807, 2.05) is 30.3 Å². The van der Waals surface area contributed by atoms with E-state index in [1.54, 1.807) is 24.3 Å². The average molecular weight is 324 g/mol. The van der Waals surface area contributed by atoms with Crippen LogP contribution in [-0.4, -0.2) is 24.7 Å². The van der Waals surface area contributed by atoms with Crippen LogP contribution in [-0.2, 0) is 14.4 Å². The Morgan fingerprint density at radius 3 is 2.50 bits per heavy atom. The molecule has 0 saturated heterocycles. The van der Waals surface area contributed by atoms with Crippen LogP contribution in [0.25, 0.3) is 0 Å². The molecular weight excluding hydrogens is 308 g/mol. The number of methoxy groups -OCH3 is 1. The van der Waals surface area contributed by atoms with Crippen LogP contribution >= 0.6 is 0 Å². The first-order valence-corrected chi connectivity index (χ1v) is 7.45. The second-order valence-corrected chi connectivity index (χ2v) is 5.27. The van der Waals surface area contributed by atoms with Crippen molar-refractivity contribution in [2.24, 2.45) is 5.16 Å². The number of ether oxygens (including phenoxy) is 1. The largest absolute Gasteiger partial charge is 0.465 e. The molecule has 0 aromatic heterocycles. The molecule has 0 bridgehead atoms. The second-order valence-electron chi connectivity index (χ2n) is 5.27. The molecule has 122 valence electrons. The molecule has 2 aromatic rings. The fraction of sp³-hybridized carbons (Fsp3) is 0.167. The van der Waals surface area contributed by atoms with Crippen molar-refractivity contribution >= 4 is 23.3 Å². The molecule has 3 rings (SSSR count). The normalized spacial score (nSPS) is 16.0. The summed E-state index contributed by atoms with van der Waals surface area (Å²) < 4.78 is 4.63. The first-order chi connectivity index (χ1) is 11.7. The summed E-state index contributed by atoms with van der Waals surface area (Å²) in [4.78, 5) is 29.0. The summed E-state index contributed by atoms with van der Waals surface area (Å²) in [7, 11) is 1.32. The van der Waals surface area contributed by atoms with E-state index in [0.29, 0.717) is 23.4 Å². The van der Waals surface area contributed by atoms with E-state index < -0.39 is 5.97 Å². The third-order valence-corrected chi connectivity index (χ3v) is 3.67. The molecular formula is C18H16N2O4. The van der Waals surface area contributed by atoms with Crippen molar-refractivity contribution in [3.05, 3.63) is 65.7 Å². The Hall–Kier alpha value is -3.15. The monoisotopic (exact) mass is 324 g/mol. The Morgan fingerprint density at radius 2 is 1.83 bits per heavy atom. The van der Waals surface area contributed by atoms with Crippen LogP contribution in [0.5, 0.6) is 0 Å². The lowest BCUT2D eigenvalue weighted by molar-refractivity contribution is -0.110. The number of nitrogens with zero attached hydrogens (tertiary/aromatic N) is 1. The van der Waals surface area contributed by atoms with E-state index in [0.717, 1.165) is 5.56 Å². The summed E-state index contributed by atoms with van der Waals surface area (Å²) in [6.07, 6.45) is 0.171. The standard InChI is InChI=1S/C18H16N2O4/c1-23-18(22)13-7-9-14(10-8-13)19-17(21)15-11-16(24-20-15)12-5-3-2-4-6-12/h2-10,16H,11H2,1H3,(H,19,21). The van der Waals surface area contributed by atoms with Crippen molar-refractivity contribution in [3.8, 4) is 0 Å². The van der Waals surface area contributed by atoms with Gasteiger partial charge in [-0.3, -0.25) is 4.79 Å². The van der Waals surface area contributed by atoms with Crippen molar-refractivity contribution in [1.82, 2.24) is 0 Å². The number of hydrogen-bond acceptors (Lipinski definition) is 5. The molecule has 24 heavy (non-hydrogen) atoms. The van der Waals surface area contributed by atoms with E-state index in [9.17, 15) is 9.59 Å². The number of oxime groups is 1. The number of carbonyl (C=O) groups is 2. The maximum absolute atomic E-state index is 12.3. The maximum atomic E-state index is 12.3. The van der Waals surface area contributed by atoms with Gasteiger partial charge >= 0.3 is 5.97 Å². The molecule has 1 amide bonds. The van der Waals surface area contributed by atoms with Crippen LogP contribution in [0, 0.1) is 0 Å². The number of anilines is 1. The lowest BCUT2D eigenvalue weighted by Gasteiger charge is -2.07. The third kappa shape index (κ3) is 3.43. The molecule has 1 unspecified atom stereocenters. The minimum absolute atomic E-state index is 0.242. The molecule has 6 nitrogen and oxygen atoms in total. The Labute approximate surface area is 139 Å². The topological polar surface area (TPSA) is 77.0 Å². The van der Waals surface area contributed by atoms with Gasteiger partial charge in [-0.1, -0.05) is 35.5 Å². The average Bonchev–Trinajstić information content (AvgIpc) is 3.13. The second kappa shape index (κ2) is 6.95. The van der Waals surface area contributed by atoms with Crippen molar-refractivity contribution in [2.45, 2.75) is 12.5 Å². The smallest absolute Gasteiger partial charge is 0.337 e. The number of hydrogen-bond donors (Lipinski definition) is 1. The molecule has 1 aliphatic rings. The van der Waals surface area contributed by atoms with Crippen LogP contribution in [0.15, 0.2) is 59.8 Å². The van der Waals surface area contributed by atoms with Crippen molar-refractivity contribution in [2.75, 3.05) is 12.4 Å². The van der Waals surface area contributed by atoms with Gasteiger partial charge in [-0.05, 0) is 29.8 Å². The third-order valence-electron chi connectivity index (χ3n) is 3.67. The molecule has 1 atom stereocenters. The Balaban J connectivity index is 1.61. The van der Waals surface area contributed by atoms with Crippen LogP contribution in [0.3, 0.4) is 0 Å². The van der Waals surface area contributed by atoms with E-state index >= 15 is 0 Å². The van der Waals surface area contributed by atoms with Crippen LogP contribution < -0.4 is 5.32 Å². The van der Waals surface area contributed by atoms with Crippen molar-refractivity contribution in [1.29, 1.82) is 0 Å². The van der Waals surface area contributed by atoms with Crippen molar-refractivity contribution < 1.29 is 19.2 Å². The summed E-state index contributed by atoms with van der Waals surface area (Å²) in [6, 6.07) is 16.1. The minimum atomic E-state index is -0.424. The highest BCUT2D eigenvalue weighted by Crippen LogP contribution is 2.27. The predicted octanol–water partition coefficient (Wildman–Crippen LogP) is 2.93. The SMILES string of the molecule is COC(=O)c1ccc(NC(=O)C2=NOC(c3ccccc3)C2)cc1. The van der Waals surface area contributed by atoms with Crippen molar-refractivity contribution in [3.63, 3.8) is 0 Å². The summed E-state index contributed by atoms with van der Waals surface area (Å²) >= 11 is 0. The molecule has 0 spiro atoms. The minimum Gasteiger partial charge on any atom is -0.465 e. The van der Waals surface area contributed by atoms with Crippen LogP contribution in [0.1, 0.15) is 28.4 Å². The van der Waals surface area contributed by atoms with Gasteiger partial charge in [0.1, 0.15) is 5.71 Å². The molecule has 0 fully saturated rings. The Bertz CT molecular complexity index is 769. The fourth-order valence-electron chi connectivity index (χ4n) is 2.37. The van der Waals surface area contributed by atoms with Gasteiger partial charge in [0.2, 0.25) is 0 Å². The quantitative estimate of drug-likeness (QED) is 0.877. The van der Waals surface area contributed by atoms with Gasteiger partial charge in [-0.2, -0.15) is 0 Å². The molecule has 0 radical (unpaired) electrons. The fourth-order valence-corrected chi connectivity index (χ4v) is 2.37. The zero-order chi connectivity index (χ0) is 16.9. The van der Waals surface area contributed by atoms with E-state index in [2.05, 4.69) is 15.2 Å². The van der Waals surface area contributed by atoms with Gasteiger partial charge in [0.15, 0.2) is 6.10 Å². The molecule has 6 heteroatoms. The number of amides is 1. The van der Waals surface area contributed by atoms with Gasteiger partial charge in [0.05, 0.1) is 12.7 Å². The Kier molecular flexibility index (Phi) is 4.56. The number of esters is 1. The van der Waals surface area contributed by atoms with E-state index in [1.165, 1.54) is 7.11 Å². The molecule has 1 heterocycles. The molecule has 0 aliphatic carbocycles. The van der Waals surface area contributed by atoms with E-state index in [-0.39, 0.29) is 12.0 Å². The number of carbonyl (C=O) groups excluding carboxylic acids is 2. The highest BCUT2D eigenvalue weighted by Gasteiger charge is 2.27. The first kappa shape index (κ1) is 15.7. The molecule has 1 N–H and O–H groups in total. The number of benzene rings is 2. The van der Waals surface area contributed by atoms with Gasteiger partial charge in [0.25, 0.3) is 5.91 Å². The van der Waals surface area contributed by atoms with Gasteiger partial charge in [-0.25, -0.2) is 4.79 Å². The van der Waals surface area contributed by atoms with Gasteiger partial charge < -0.3 is 14.9 Å². The lowest BCUT2D eigenvalue weighted by atomic mass is 10.0. The molecule has 0 saturated carbocycles. The number of nitrogens with one attached hydrogen (secondary N) is 1. The predicted molar refractivity (Wildman–Crippen MR) is 88.7 cm³/mol. The summed E-state index contributed by atoms with van der Waals surface area (Å²) in [5.41, 5.74) is 2.30.